The molecule has 0 aliphatic rings. The predicted octanol–water partition coefficient (Wildman–Crippen LogP) is 4.33. The topological polar surface area (TPSA) is 68.5 Å². The highest BCUT2D eigenvalue weighted by Gasteiger charge is 2.22. The molecule has 1 N–H and O–H groups in total. The van der Waals surface area contributed by atoms with Gasteiger partial charge in [-0.25, -0.2) is 18.3 Å². The van der Waals surface area contributed by atoms with Gasteiger partial charge in [-0.1, -0.05) is 18.2 Å². The molecule has 3 aromatic heterocycles. The zero-order valence-corrected chi connectivity index (χ0v) is 16.1. The third kappa shape index (κ3) is 3.68. The van der Waals surface area contributed by atoms with Gasteiger partial charge in [-0.05, 0) is 29.6 Å². The Balaban J connectivity index is 1.79. The normalized spacial score (nSPS) is 11.2. The molecule has 3 heterocycles. The van der Waals surface area contributed by atoms with Crippen molar-refractivity contribution >= 4 is 22.9 Å². The number of methoxy groups -OCH3 is 1. The molecule has 29 heavy (non-hydrogen) atoms. The molecule has 0 bridgehead atoms. The molecule has 0 saturated carbocycles. The van der Waals surface area contributed by atoms with Gasteiger partial charge in [0.25, 0.3) is 12.3 Å². The molecule has 148 valence electrons. The van der Waals surface area contributed by atoms with Crippen molar-refractivity contribution in [1.29, 1.82) is 0 Å². The van der Waals surface area contributed by atoms with Crippen molar-refractivity contribution in [3.8, 4) is 17.0 Å². The number of rotatable bonds is 6. The number of thiophene rings is 1. The number of ether oxygens (including phenoxy) is 1. The summed E-state index contributed by atoms with van der Waals surface area (Å²) in [7, 11) is 1.49. The molecular formula is C20H16F2N4O2S. The van der Waals surface area contributed by atoms with Gasteiger partial charge >= 0.3 is 0 Å². The summed E-state index contributed by atoms with van der Waals surface area (Å²) >= 11 is 1.51. The van der Waals surface area contributed by atoms with Crippen LogP contribution < -0.4 is 10.1 Å². The first-order chi connectivity index (χ1) is 14.1. The van der Waals surface area contributed by atoms with E-state index in [0.29, 0.717) is 17.9 Å². The number of para-hydroxylation sites is 1. The van der Waals surface area contributed by atoms with Gasteiger partial charge in [0, 0.05) is 10.4 Å². The van der Waals surface area contributed by atoms with Crippen molar-refractivity contribution in [1.82, 2.24) is 19.9 Å². The van der Waals surface area contributed by atoms with Gasteiger partial charge in [-0.15, -0.1) is 11.3 Å². The van der Waals surface area contributed by atoms with Crippen molar-refractivity contribution < 1.29 is 18.3 Å². The van der Waals surface area contributed by atoms with E-state index in [4.69, 9.17) is 4.74 Å². The van der Waals surface area contributed by atoms with Crippen LogP contribution in [0.4, 0.5) is 8.78 Å². The van der Waals surface area contributed by atoms with Crippen molar-refractivity contribution in [3.63, 3.8) is 0 Å². The summed E-state index contributed by atoms with van der Waals surface area (Å²) in [4.78, 5) is 18.1. The van der Waals surface area contributed by atoms with E-state index in [9.17, 15) is 13.6 Å². The highest BCUT2D eigenvalue weighted by molar-refractivity contribution is 7.09. The second-order valence-electron chi connectivity index (χ2n) is 6.12. The first-order valence-corrected chi connectivity index (χ1v) is 9.57. The van der Waals surface area contributed by atoms with Crippen LogP contribution in [0.1, 0.15) is 27.4 Å². The van der Waals surface area contributed by atoms with Crippen LogP contribution >= 0.6 is 11.3 Å². The zero-order valence-electron chi connectivity index (χ0n) is 15.3. The quantitative estimate of drug-likeness (QED) is 0.510. The Morgan fingerprint density at radius 1 is 1.28 bits per heavy atom. The van der Waals surface area contributed by atoms with Crippen LogP contribution in [0, 0.1) is 0 Å². The van der Waals surface area contributed by atoms with E-state index < -0.39 is 12.3 Å². The van der Waals surface area contributed by atoms with Gasteiger partial charge in [0.2, 0.25) is 0 Å². The van der Waals surface area contributed by atoms with E-state index in [0.717, 1.165) is 9.39 Å². The standard InChI is InChI=1S/C20H16F2N4O2S/c1-28-17-7-3-2-6-13(17)15-9-16(18(21)22)26-19(25-15)14(11-24-26)20(27)23-10-12-5-4-8-29-12/h2-9,11,18H,10H2,1H3,(H,23,27). The van der Waals surface area contributed by atoms with Crippen LogP contribution in [0.5, 0.6) is 5.75 Å². The molecule has 1 amide bonds. The number of nitrogens with zero attached hydrogens (tertiary/aromatic N) is 3. The second kappa shape index (κ2) is 7.96. The van der Waals surface area contributed by atoms with E-state index in [2.05, 4.69) is 15.4 Å². The fraction of sp³-hybridized carbons (Fsp3) is 0.150. The number of amides is 1. The molecule has 4 aromatic rings. The summed E-state index contributed by atoms with van der Waals surface area (Å²) in [5.41, 5.74) is 0.657. The van der Waals surface area contributed by atoms with Gasteiger partial charge in [0.15, 0.2) is 5.65 Å². The lowest BCUT2D eigenvalue weighted by atomic mass is 10.1. The number of alkyl halides is 2. The van der Waals surface area contributed by atoms with E-state index in [-0.39, 0.29) is 22.6 Å². The number of fused-ring (bicyclic) bond motifs is 1. The summed E-state index contributed by atoms with van der Waals surface area (Å²) in [6.45, 7) is 0.335. The molecule has 0 spiro atoms. The summed E-state index contributed by atoms with van der Waals surface area (Å²) in [6.07, 6.45) is -1.54. The molecule has 4 rings (SSSR count). The molecule has 0 aliphatic carbocycles. The van der Waals surface area contributed by atoms with Crippen LogP contribution in [0.3, 0.4) is 0 Å². The second-order valence-corrected chi connectivity index (χ2v) is 7.16. The van der Waals surface area contributed by atoms with Gasteiger partial charge in [-0.2, -0.15) is 5.10 Å². The zero-order chi connectivity index (χ0) is 20.4. The lowest BCUT2D eigenvalue weighted by Crippen LogP contribution is -2.22. The van der Waals surface area contributed by atoms with Crippen LogP contribution in [-0.4, -0.2) is 27.6 Å². The van der Waals surface area contributed by atoms with Crippen LogP contribution in [-0.2, 0) is 6.54 Å². The lowest BCUT2D eigenvalue weighted by Gasteiger charge is -2.11. The fourth-order valence-corrected chi connectivity index (χ4v) is 3.62. The number of aromatic nitrogens is 3. The summed E-state index contributed by atoms with van der Waals surface area (Å²) in [5, 5.41) is 8.65. The third-order valence-corrected chi connectivity index (χ3v) is 5.23. The monoisotopic (exact) mass is 414 g/mol. The number of carbonyl (C=O) groups excluding carboxylic acids is 1. The largest absolute Gasteiger partial charge is 0.496 e. The molecule has 0 radical (unpaired) electrons. The third-order valence-electron chi connectivity index (χ3n) is 4.35. The first kappa shape index (κ1) is 19.0. The number of halogens is 2. The maximum Gasteiger partial charge on any atom is 0.280 e. The Morgan fingerprint density at radius 3 is 2.83 bits per heavy atom. The number of hydrogen-bond donors (Lipinski definition) is 1. The lowest BCUT2D eigenvalue weighted by molar-refractivity contribution is 0.0952. The molecule has 0 fully saturated rings. The number of nitrogens with one attached hydrogen (secondary N) is 1. The van der Waals surface area contributed by atoms with Gasteiger partial charge in [0.1, 0.15) is 17.0 Å². The number of hydrogen-bond acceptors (Lipinski definition) is 5. The molecule has 1 aromatic carbocycles. The van der Waals surface area contributed by atoms with Crippen molar-refractivity contribution in [2.45, 2.75) is 13.0 Å². The van der Waals surface area contributed by atoms with E-state index >= 15 is 0 Å². The van der Waals surface area contributed by atoms with E-state index in [1.54, 1.807) is 24.3 Å². The minimum atomic E-state index is -2.80. The van der Waals surface area contributed by atoms with Crippen molar-refractivity contribution in [2.24, 2.45) is 0 Å². The van der Waals surface area contributed by atoms with Crippen molar-refractivity contribution in [2.75, 3.05) is 7.11 Å². The Kier molecular flexibility index (Phi) is 5.22. The molecule has 0 saturated heterocycles. The van der Waals surface area contributed by atoms with Gasteiger partial charge in [0.05, 0.1) is 25.5 Å². The van der Waals surface area contributed by atoms with E-state index in [1.807, 2.05) is 17.5 Å². The Morgan fingerprint density at radius 2 is 2.10 bits per heavy atom. The number of benzene rings is 1. The minimum absolute atomic E-state index is 0.0624. The smallest absolute Gasteiger partial charge is 0.280 e. The van der Waals surface area contributed by atoms with E-state index in [1.165, 1.54) is 30.7 Å². The summed E-state index contributed by atoms with van der Waals surface area (Å²) in [5.74, 6) is 0.0612. The molecular weight excluding hydrogens is 398 g/mol. The minimum Gasteiger partial charge on any atom is -0.496 e. The molecule has 9 heteroatoms. The molecule has 0 atom stereocenters. The Labute approximate surface area is 168 Å². The number of carbonyl (C=O) groups is 1. The fourth-order valence-electron chi connectivity index (χ4n) is 2.97. The summed E-state index contributed by atoms with van der Waals surface area (Å²) < 4.78 is 33.7. The molecule has 0 unspecified atom stereocenters. The predicted molar refractivity (Wildman–Crippen MR) is 105 cm³/mol. The summed E-state index contributed by atoms with van der Waals surface area (Å²) in [6, 6.07) is 12.0. The average molecular weight is 414 g/mol. The van der Waals surface area contributed by atoms with Crippen molar-refractivity contribution in [3.05, 3.63) is 70.2 Å². The molecule has 6 nitrogen and oxygen atoms in total. The molecule has 0 aliphatic heterocycles. The van der Waals surface area contributed by atoms with Crippen LogP contribution in [0.25, 0.3) is 16.9 Å². The Bertz CT molecular complexity index is 1160. The Hall–Kier alpha value is -3.33. The maximum atomic E-state index is 13.7. The SMILES string of the molecule is COc1ccccc1-c1cc(C(F)F)n2ncc(C(=O)NCc3cccs3)c2n1. The van der Waals surface area contributed by atoms with Gasteiger partial charge in [-0.3, -0.25) is 4.79 Å². The van der Waals surface area contributed by atoms with Crippen LogP contribution in [0.15, 0.2) is 54.0 Å². The maximum absolute atomic E-state index is 13.7. The average Bonchev–Trinajstić information content (AvgIpc) is 3.40. The highest BCUT2D eigenvalue weighted by Crippen LogP contribution is 2.32. The van der Waals surface area contributed by atoms with Gasteiger partial charge < -0.3 is 10.1 Å². The first-order valence-electron chi connectivity index (χ1n) is 8.69. The highest BCUT2D eigenvalue weighted by atomic mass is 32.1. The van der Waals surface area contributed by atoms with Crippen LogP contribution in [0.2, 0.25) is 0 Å².